The molecule has 2 heterocycles. The summed E-state index contributed by atoms with van der Waals surface area (Å²) in [5.41, 5.74) is 3.90. The van der Waals surface area contributed by atoms with Gasteiger partial charge in [-0.3, -0.25) is 4.79 Å². The number of methoxy groups -OCH3 is 1. The summed E-state index contributed by atoms with van der Waals surface area (Å²) in [4.78, 5) is 17.5. The van der Waals surface area contributed by atoms with Crippen molar-refractivity contribution in [1.82, 2.24) is 9.88 Å². The largest absolute Gasteiger partial charge is 0.497 e. The van der Waals surface area contributed by atoms with Gasteiger partial charge in [-0.1, -0.05) is 18.2 Å². The topological polar surface area (TPSA) is 55.6 Å². The van der Waals surface area contributed by atoms with Gasteiger partial charge < -0.3 is 14.6 Å². The molecular formula is C22H19N3O2S. The standard InChI is InChI=1S/C22H19N3O2S/c1-15-5-3-4-6-19(15)23-22-24-21(26)20(28-22)13-16-11-12-25(14-16)17-7-9-18(27-2)10-8-17/h3-14H,1-2H3,(H,23,24,26)/b20-13+. The zero-order chi connectivity index (χ0) is 19.5. The molecule has 1 saturated heterocycles. The van der Waals surface area contributed by atoms with E-state index in [1.807, 2.05) is 84.6 Å². The number of rotatable bonds is 4. The fourth-order valence-electron chi connectivity index (χ4n) is 2.84. The Labute approximate surface area is 167 Å². The second-order valence-corrected chi connectivity index (χ2v) is 7.35. The molecule has 0 atom stereocenters. The van der Waals surface area contributed by atoms with Gasteiger partial charge in [-0.25, -0.2) is 4.99 Å². The van der Waals surface area contributed by atoms with Crippen LogP contribution in [0.1, 0.15) is 11.1 Å². The van der Waals surface area contributed by atoms with Crippen molar-refractivity contribution in [2.45, 2.75) is 6.92 Å². The third-order valence-corrected chi connectivity index (χ3v) is 5.28. The highest BCUT2D eigenvalue weighted by molar-refractivity contribution is 8.18. The normalized spacial score (nSPS) is 16.6. The number of amides is 1. The SMILES string of the molecule is COc1ccc(-n2ccc(/C=C3/SC(=Nc4ccccc4C)NC3=O)c2)cc1. The van der Waals surface area contributed by atoms with Crippen LogP contribution in [0.3, 0.4) is 0 Å². The number of amidine groups is 1. The highest BCUT2D eigenvalue weighted by Gasteiger charge is 2.24. The lowest BCUT2D eigenvalue weighted by atomic mass is 10.2. The van der Waals surface area contributed by atoms with Gasteiger partial charge in [-0.2, -0.15) is 0 Å². The zero-order valence-electron chi connectivity index (χ0n) is 15.5. The Morgan fingerprint density at radius 1 is 1.11 bits per heavy atom. The molecule has 140 valence electrons. The number of carbonyl (C=O) groups is 1. The van der Waals surface area contributed by atoms with Crippen molar-refractivity contribution >= 4 is 34.6 Å². The highest BCUT2D eigenvalue weighted by atomic mass is 32.2. The average molecular weight is 389 g/mol. The van der Waals surface area contributed by atoms with Gasteiger partial charge >= 0.3 is 0 Å². The Morgan fingerprint density at radius 2 is 1.89 bits per heavy atom. The first-order valence-electron chi connectivity index (χ1n) is 8.80. The molecule has 4 rings (SSSR count). The van der Waals surface area contributed by atoms with Crippen LogP contribution in [0.4, 0.5) is 5.69 Å². The van der Waals surface area contributed by atoms with E-state index in [0.717, 1.165) is 28.3 Å². The number of carbonyl (C=O) groups excluding carboxylic acids is 1. The molecule has 5 nitrogen and oxygen atoms in total. The average Bonchev–Trinajstić information content (AvgIpc) is 3.31. The van der Waals surface area contributed by atoms with E-state index in [1.165, 1.54) is 11.8 Å². The third-order valence-electron chi connectivity index (χ3n) is 4.37. The van der Waals surface area contributed by atoms with E-state index >= 15 is 0 Å². The van der Waals surface area contributed by atoms with Gasteiger partial charge in [-0.05, 0) is 72.3 Å². The summed E-state index contributed by atoms with van der Waals surface area (Å²) in [7, 11) is 1.65. The predicted molar refractivity (Wildman–Crippen MR) is 114 cm³/mol. The Balaban J connectivity index is 1.54. The van der Waals surface area contributed by atoms with Crippen molar-refractivity contribution in [2.75, 3.05) is 7.11 Å². The van der Waals surface area contributed by atoms with Crippen LogP contribution in [-0.2, 0) is 4.79 Å². The van der Waals surface area contributed by atoms with Gasteiger partial charge in [0.05, 0.1) is 17.7 Å². The minimum absolute atomic E-state index is 0.130. The Hall–Kier alpha value is -3.25. The summed E-state index contributed by atoms with van der Waals surface area (Å²) in [5.74, 6) is 0.687. The van der Waals surface area contributed by atoms with Gasteiger partial charge in [0.1, 0.15) is 5.75 Å². The lowest BCUT2D eigenvalue weighted by Crippen LogP contribution is -2.19. The van der Waals surface area contributed by atoms with E-state index in [1.54, 1.807) is 7.11 Å². The second kappa shape index (κ2) is 7.78. The van der Waals surface area contributed by atoms with Crippen molar-refractivity contribution in [3.63, 3.8) is 0 Å². The molecular weight excluding hydrogens is 370 g/mol. The minimum Gasteiger partial charge on any atom is -0.497 e. The highest BCUT2D eigenvalue weighted by Crippen LogP contribution is 2.29. The maximum absolute atomic E-state index is 12.3. The van der Waals surface area contributed by atoms with Crippen LogP contribution in [0.15, 0.2) is 76.9 Å². The number of nitrogens with one attached hydrogen (secondary N) is 1. The molecule has 1 aliphatic heterocycles. The first-order valence-corrected chi connectivity index (χ1v) is 9.62. The Kier molecular flexibility index (Phi) is 5.04. The maximum Gasteiger partial charge on any atom is 0.264 e. The fraction of sp³-hybridized carbons (Fsp3) is 0.0909. The fourth-order valence-corrected chi connectivity index (χ4v) is 3.68. The molecule has 1 amide bonds. The Morgan fingerprint density at radius 3 is 2.64 bits per heavy atom. The number of nitrogens with zero attached hydrogens (tertiary/aromatic N) is 2. The second-order valence-electron chi connectivity index (χ2n) is 6.32. The molecule has 1 aliphatic rings. The van der Waals surface area contributed by atoms with E-state index in [9.17, 15) is 4.79 Å². The number of aryl methyl sites for hydroxylation is 1. The molecule has 0 saturated carbocycles. The first-order chi connectivity index (χ1) is 13.6. The lowest BCUT2D eigenvalue weighted by Gasteiger charge is -2.04. The van der Waals surface area contributed by atoms with Crippen LogP contribution in [0.5, 0.6) is 5.75 Å². The van der Waals surface area contributed by atoms with E-state index < -0.39 is 0 Å². The number of benzene rings is 2. The van der Waals surface area contributed by atoms with Crippen LogP contribution in [0.2, 0.25) is 0 Å². The number of ether oxygens (including phenoxy) is 1. The number of para-hydroxylation sites is 1. The quantitative estimate of drug-likeness (QED) is 0.659. The molecule has 1 fully saturated rings. The molecule has 0 spiro atoms. The molecule has 0 radical (unpaired) electrons. The molecule has 1 N–H and O–H groups in total. The smallest absolute Gasteiger partial charge is 0.264 e. The van der Waals surface area contributed by atoms with Crippen molar-refractivity contribution in [3.05, 3.63) is 83.0 Å². The molecule has 1 aromatic heterocycles. The van der Waals surface area contributed by atoms with Gasteiger partial charge in [-0.15, -0.1) is 0 Å². The third kappa shape index (κ3) is 3.87. The van der Waals surface area contributed by atoms with Gasteiger partial charge in [0.15, 0.2) is 5.17 Å². The summed E-state index contributed by atoms with van der Waals surface area (Å²) in [6.07, 6.45) is 5.83. The van der Waals surface area contributed by atoms with Crippen molar-refractivity contribution in [2.24, 2.45) is 4.99 Å². The molecule has 2 aromatic carbocycles. The van der Waals surface area contributed by atoms with E-state index in [0.29, 0.717) is 10.1 Å². The van der Waals surface area contributed by atoms with Gasteiger partial charge in [0.25, 0.3) is 5.91 Å². The Bertz CT molecular complexity index is 1080. The molecule has 3 aromatic rings. The summed E-state index contributed by atoms with van der Waals surface area (Å²) in [6, 6.07) is 17.6. The monoisotopic (exact) mass is 389 g/mol. The van der Waals surface area contributed by atoms with Crippen LogP contribution in [0.25, 0.3) is 11.8 Å². The summed E-state index contributed by atoms with van der Waals surface area (Å²) in [5, 5.41) is 3.43. The molecule has 0 aliphatic carbocycles. The van der Waals surface area contributed by atoms with Crippen LogP contribution in [-0.4, -0.2) is 22.8 Å². The van der Waals surface area contributed by atoms with Gasteiger partial charge in [0.2, 0.25) is 0 Å². The van der Waals surface area contributed by atoms with Crippen molar-refractivity contribution in [3.8, 4) is 11.4 Å². The van der Waals surface area contributed by atoms with Crippen LogP contribution < -0.4 is 10.1 Å². The van der Waals surface area contributed by atoms with Crippen LogP contribution in [0, 0.1) is 6.92 Å². The summed E-state index contributed by atoms with van der Waals surface area (Å²) in [6.45, 7) is 2.00. The van der Waals surface area contributed by atoms with E-state index in [2.05, 4.69) is 10.3 Å². The minimum atomic E-state index is -0.130. The molecule has 0 unspecified atom stereocenters. The molecule has 6 heteroatoms. The first kappa shape index (κ1) is 18.1. The molecule has 0 bridgehead atoms. The van der Waals surface area contributed by atoms with Gasteiger partial charge in [0, 0.05) is 18.1 Å². The molecule has 28 heavy (non-hydrogen) atoms. The van der Waals surface area contributed by atoms with E-state index in [-0.39, 0.29) is 5.91 Å². The summed E-state index contributed by atoms with van der Waals surface area (Å²) >= 11 is 1.35. The number of aliphatic imine (C=N–C) groups is 1. The number of hydrogen-bond donors (Lipinski definition) is 1. The van der Waals surface area contributed by atoms with Crippen molar-refractivity contribution < 1.29 is 9.53 Å². The predicted octanol–water partition coefficient (Wildman–Crippen LogP) is 4.69. The van der Waals surface area contributed by atoms with Crippen molar-refractivity contribution in [1.29, 1.82) is 0 Å². The van der Waals surface area contributed by atoms with Crippen LogP contribution >= 0.6 is 11.8 Å². The number of thioether (sulfide) groups is 1. The summed E-state index contributed by atoms with van der Waals surface area (Å²) < 4.78 is 7.20. The maximum atomic E-state index is 12.3. The number of aromatic nitrogens is 1. The number of hydrogen-bond acceptors (Lipinski definition) is 4. The lowest BCUT2D eigenvalue weighted by molar-refractivity contribution is -0.115. The zero-order valence-corrected chi connectivity index (χ0v) is 16.4. The van der Waals surface area contributed by atoms with E-state index in [4.69, 9.17) is 4.74 Å².